The van der Waals surface area contributed by atoms with Crippen molar-refractivity contribution in [2.75, 3.05) is 0 Å². The lowest BCUT2D eigenvalue weighted by atomic mass is 9.91. The van der Waals surface area contributed by atoms with Crippen molar-refractivity contribution in [3.8, 4) is 0 Å². The summed E-state index contributed by atoms with van der Waals surface area (Å²) in [6.07, 6.45) is 3.34. The Bertz CT molecular complexity index is 1000. The molecule has 5 rings (SSSR count). The molecule has 1 aliphatic carbocycles. The van der Waals surface area contributed by atoms with Crippen molar-refractivity contribution >= 4 is 33.6 Å². The summed E-state index contributed by atoms with van der Waals surface area (Å²) < 4.78 is 5.46. The molecule has 0 bridgehead atoms. The first-order valence-electron chi connectivity index (χ1n) is 8.36. The lowest BCUT2D eigenvalue weighted by molar-refractivity contribution is -0.134. The van der Waals surface area contributed by atoms with E-state index in [1.54, 1.807) is 0 Å². The number of hydrogen-bond acceptors (Lipinski definition) is 4. The average Bonchev–Trinajstić information content (AvgIpc) is 3.34. The summed E-state index contributed by atoms with van der Waals surface area (Å²) in [6.45, 7) is 0. The summed E-state index contributed by atoms with van der Waals surface area (Å²) in [5, 5.41) is 9.66. The van der Waals surface area contributed by atoms with E-state index in [-0.39, 0.29) is 11.8 Å². The van der Waals surface area contributed by atoms with Gasteiger partial charge in [-0.3, -0.25) is 14.9 Å². The molecule has 2 aromatic carbocycles. The Hall–Kier alpha value is -2.69. The lowest BCUT2D eigenvalue weighted by Crippen LogP contribution is -2.39. The fourth-order valence-corrected chi connectivity index (χ4v) is 3.68. The van der Waals surface area contributed by atoms with Crippen LogP contribution in [0.1, 0.15) is 48.8 Å². The van der Waals surface area contributed by atoms with Crippen LogP contribution in [0, 0.1) is 0 Å². The summed E-state index contributed by atoms with van der Waals surface area (Å²) in [5.74, 6) is -0.240. The molecule has 2 heterocycles. The summed E-state index contributed by atoms with van der Waals surface area (Å²) >= 11 is 0. The first-order chi connectivity index (χ1) is 11.7. The van der Waals surface area contributed by atoms with Crippen LogP contribution in [-0.4, -0.2) is 17.0 Å². The van der Waals surface area contributed by atoms with Crippen molar-refractivity contribution in [1.29, 1.82) is 0 Å². The van der Waals surface area contributed by atoms with Gasteiger partial charge in [0.05, 0.1) is 11.3 Å². The van der Waals surface area contributed by atoms with Crippen LogP contribution in [0.15, 0.2) is 34.9 Å². The van der Waals surface area contributed by atoms with E-state index in [1.807, 2.05) is 12.1 Å². The Balaban J connectivity index is 1.69. The second-order valence-electron chi connectivity index (χ2n) is 6.77. The maximum absolute atomic E-state index is 12.2. The Labute approximate surface area is 138 Å². The lowest BCUT2D eigenvalue weighted by Gasteiger charge is -2.19. The van der Waals surface area contributed by atoms with Crippen LogP contribution in [0.4, 0.5) is 0 Å². The second-order valence-corrected chi connectivity index (χ2v) is 6.77. The van der Waals surface area contributed by atoms with E-state index in [4.69, 9.17) is 4.52 Å². The van der Waals surface area contributed by atoms with Gasteiger partial charge in [0, 0.05) is 6.42 Å². The normalized spacial score (nSPS) is 21.4. The van der Waals surface area contributed by atoms with Crippen molar-refractivity contribution in [2.24, 2.45) is 0 Å². The van der Waals surface area contributed by atoms with E-state index in [0.717, 1.165) is 16.2 Å². The quantitative estimate of drug-likeness (QED) is 0.735. The summed E-state index contributed by atoms with van der Waals surface area (Å²) in [4.78, 5) is 23.6. The van der Waals surface area contributed by atoms with E-state index in [2.05, 4.69) is 28.7 Å². The van der Waals surface area contributed by atoms with Gasteiger partial charge in [0.25, 0.3) is 0 Å². The van der Waals surface area contributed by atoms with E-state index in [0.29, 0.717) is 30.0 Å². The van der Waals surface area contributed by atoms with Gasteiger partial charge in [0.15, 0.2) is 5.58 Å². The van der Waals surface area contributed by atoms with Gasteiger partial charge in [0.2, 0.25) is 11.8 Å². The number of benzene rings is 2. The van der Waals surface area contributed by atoms with Crippen LogP contribution in [0.2, 0.25) is 0 Å². The van der Waals surface area contributed by atoms with Gasteiger partial charge < -0.3 is 4.52 Å². The highest BCUT2D eigenvalue weighted by Crippen LogP contribution is 2.42. The van der Waals surface area contributed by atoms with Crippen molar-refractivity contribution < 1.29 is 14.1 Å². The molecule has 1 N–H and O–H groups in total. The molecule has 24 heavy (non-hydrogen) atoms. The standard InChI is InChI=1S/C19H16N2O3/c22-16-8-6-14(19(23)20-16)18-17-13-5-3-11(10-1-2-10)9-12(13)4-7-15(17)24-21-18/h3-5,7,9-10,14H,1-2,6,8H2,(H,20,22,23)/t14-/m0/s1. The molecule has 0 radical (unpaired) electrons. The molecule has 2 amide bonds. The topological polar surface area (TPSA) is 72.2 Å². The summed E-state index contributed by atoms with van der Waals surface area (Å²) in [6, 6.07) is 10.5. The highest BCUT2D eigenvalue weighted by Gasteiger charge is 2.32. The highest BCUT2D eigenvalue weighted by atomic mass is 16.5. The summed E-state index contributed by atoms with van der Waals surface area (Å²) in [5.41, 5.74) is 2.70. The molecule has 1 aromatic heterocycles. The van der Waals surface area contributed by atoms with Gasteiger partial charge in [-0.25, -0.2) is 0 Å². The molecule has 5 heteroatoms. The van der Waals surface area contributed by atoms with E-state index in [1.165, 1.54) is 18.4 Å². The van der Waals surface area contributed by atoms with Crippen LogP contribution in [-0.2, 0) is 9.59 Å². The molecule has 5 nitrogen and oxygen atoms in total. The zero-order valence-corrected chi connectivity index (χ0v) is 13.0. The maximum Gasteiger partial charge on any atom is 0.235 e. The maximum atomic E-state index is 12.2. The molecule has 2 fully saturated rings. The molecule has 0 spiro atoms. The fourth-order valence-electron chi connectivity index (χ4n) is 3.68. The van der Waals surface area contributed by atoms with Crippen LogP contribution in [0.25, 0.3) is 21.7 Å². The van der Waals surface area contributed by atoms with Crippen LogP contribution in [0.5, 0.6) is 0 Å². The molecule has 120 valence electrons. The number of aromatic nitrogens is 1. The number of piperidine rings is 1. The number of imide groups is 1. The number of hydrogen-bond donors (Lipinski definition) is 1. The highest BCUT2D eigenvalue weighted by molar-refractivity contribution is 6.10. The minimum Gasteiger partial charge on any atom is -0.356 e. The zero-order valence-electron chi connectivity index (χ0n) is 13.0. The molecule has 1 saturated carbocycles. The summed E-state index contributed by atoms with van der Waals surface area (Å²) in [7, 11) is 0. The smallest absolute Gasteiger partial charge is 0.235 e. The van der Waals surface area contributed by atoms with Gasteiger partial charge in [-0.1, -0.05) is 29.4 Å². The molecule has 0 unspecified atom stereocenters. The Morgan fingerprint density at radius 2 is 1.96 bits per heavy atom. The largest absolute Gasteiger partial charge is 0.356 e. The first-order valence-corrected chi connectivity index (χ1v) is 8.36. The number of nitrogens with zero attached hydrogens (tertiary/aromatic N) is 1. The molecular weight excluding hydrogens is 304 g/mol. The Kier molecular flexibility index (Phi) is 2.80. The predicted octanol–water partition coefficient (Wildman–Crippen LogP) is 3.38. The van der Waals surface area contributed by atoms with Crippen LogP contribution in [0.3, 0.4) is 0 Å². The molecule has 1 saturated heterocycles. The minimum atomic E-state index is -0.433. The van der Waals surface area contributed by atoms with Crippen LogP contribution < -0.4 is 5.32 Å². The van der Waals surface area contributed by atoms with Crippen molar-refractivity contribution in [1.82, 2.24) is 10.5 Å². The van der Waals surface area contributed by atoms with Crippen molar-refractivity contribution in [2.45, 2.75) is 37.5 Å². The van der Waals surface area contributed by atoms with Gasteiger partial charge in [0.1, 0.15) is 5.69 Å². The SMILES string of the molecule is O=C1CC[C@@H](c2noc3ccc4cc(C5CC5)ccc4c23)C(=O)N1. The third kappa shape index (κ3) is 2.04. The number of rotatable bonds is 2. The van der Waals surface area contributed by atoms with Crippen molar-refractivity contribution in [3.63, 3.8) is 0 Å². The number of fused-ring (bicyclic) bond motifs is 3. The molecule has 3 aromatic rings. The van der Waals surface area contributed by atoms with Crippen LogP contribution >= 0.6 is 0 Å². The molecular formula is C19H16N2O3. The van der Waals surface area contributed by atoms with E-state index < -0.39 is 5.92 Å². The van der Waals surface area contributed by atoms with Gasteiger partial charge >= 0.3 is 0 Å². The zero-order chi connectivity index (χ0) is 16.3. The van der Waals surface area contributed by atoms with Gasteiger partial charge in [-0.2, -0.15) is 0 Å². The van der Waals surface area contributed by atoms with Gasteiger partial charge in [-0.15, -0.1) is 0 Å². The van der Waals surface area contributed by atoms with E-state index >= 15 is 0 Å². The van der Waals surface area contributed by atoms with Gasteiger partial charge in [-0.05, 0) is 47.6 Å². The monoisotopic (exact) mass is 320 g/mol. The average molecular weight is 320 g/mol. The first kappa shape index (κ1) is 13.7. The minimum absolute atomic E-state index is 0.219. The number of amides is 2. The molecule has 1 atom stereocenters. The third-order valence-electron chi connectivity index (χ3n) is 5.12. The Morgan fingerprint density at radius 1 is 1.08 bits per heavy atom. The Morgan fingerprint density at radius 3 is 2.75 bits per heavy atom. The fraction of sp³-hybridized carbons (Fsp3) is 0.316. The number of carbonyl (C=O) groups is 2. The van der Waals surface area contributed by atoms with E-state index in [9.17, 15) is 9.59 Å². The second kappa shape index (κ2) is 4.90. The predicted molar refractivity (Wildman–Crippen MR) is 88.6 cm³/mol. The third-order valence-corrected chi connectivity index (χ3v) is 5.12. The molecule has 1 aliphatic heterocycles. The van der Waals surface area contributed by atoms with Crippen molar-refractivity contribution in [3.05, 3.63) is 41.6 Å². The number of nitrogens with one attached hydrogen (secondary N) is 1. The number of carbonyl (C=O) groups excluding carboxylic acids is 2. The molecule has 2 aliphatic rings.